The number of carbonyl (C=O) groups is 1. The quantitative estimate of drug-likeness (QED) is 0.655. The van der Waals surface area contributed by atoms with Gasteiger partial charge in [-0.15, -0.1) is 0 Å². The molecule has 10 heteroatoms. The molecule has 3 rings (SSSR count). The Morgan fingerprint density at radius 1 is 1.04 bits per heavy atom. The number of hydrogen-bond acceptors (Lipinski definition) is 4. The Morgan fingerprint density at radius 3 is 2.41 bits per heavy atom. The third-order valence-corrected chi connectivity index (χ3v) is 6.30. The van der Waals surface area contributed by atoms with E-state index >= 15 is 0 Å². The summed E-state index contributed by atoms with van der Waals surface area (Å²) in [5, 5.41) is 0.623. The molecule has 0 fully saturated rings. The lowest BCUT2D eigenvalue weighted by Gasteiger charge is -2.07. The van der Waals surface area contributed by atoms with Gasteiger partial charge in [-0.25, -0.2) is 18.1 Å². The number of imidazole rings is 1. The van der Waals surface area contributed by atoms with Gasteiger partial charge >= 0.3 is 0 Å². The Labute approximate surface area is 170 Å². The molecule has 0 aliphatic heterocycles. The number of halogens is 3. The Morgan fingerprint density at radius 2 is 1.70 bits per heavy atom. The first-order chi connectivity index (χ1) is 12.7. The fraction of sp³-hybridized carbons (Fsp3) is 0.0588. The minimum absolute atomic E-state index is 0.00483. The number of nitrogens with zero attached hydrogens (tertiary/aromatic N) is 2. The summed E-state index contributed by atoms with van der Waals surface area (Å²) in [6.45, 7) is 0. The van der Waals surface area contributed by atoms with Crippen LogP contribution in [0.3, 0.4) is 0 Å². The van der Waals surface area contributed by atoms with Gasteiger partial charge in [-0.1, -0.05) is 53.0 Å². The van der Waals surface area contributed by atoms with E-state index in [9.17, 15) is 13.2 Å². The molecule has 0 aliphatic carbocycles. The molecule has 1 aromatic heterocycles. The van der Waals surface area contributed by atoms with Crippen molar-refractivity contribution in [2.45, 2.75) is 4.90 Å². The van der Waals surface area contributed by atoms with Gasteiger partial charge in [0.2, 0.25) is 0 Å². The van der Waals surface area contributed by atoms with Crippen LogP contribution in [0.15, 0.2) is 53.6 Å². The van der Waals surface area contributed by atoms with Crippen molar-refractivity contribution in [1.29, 1.82) is 0 Å². The van der Waals surface area contributed by atoms with Gasteiger partial charge in [-0.05, 0) is 24.3 Å². The summed E-state index contributed by atoms with van der Waals surface area (Å²) >= 11 is 18.1. The highest BCUT2D eigenvalue weighted by molar-refractivity contribution is 7.90. The minimum Gasteiger partial charge on any atom is -0.333 e. The van der Waals surface area contributed by atoms with E-state index in [0.29, 0.717) is 16.4 Å². The highest BCUT2D eigenvalue weighted by Gasteiger charge is 2.24. The number of sulfonamides is 1. The van der Waals surface area contributed by atoms with E-state index in [1.165, 1.54) is 24.4 Å². The zero-order valence-corrected chi connectivity index (χ0v) is 16.9. The molecule has 0 radical (unpaired) electrons. The van der Waals surface area contributed by atoms with Crippen molar-refractivity contribution < 1.29 is 13.2 Å². The zero-order chi connectivity index (χ0) is 19.8. The van der Waals surface area contributed by atoms with Gasteiger partial charge in [0.1, 0.15) is 16.4 Å². The van der Waals surface area contributed by atoms with E-state index < -0.39 is 15.9 Å². The molecular formula is C17H12Cl3N3O3S. The number of benzene rings is 2. The van der Waals surface area contributed by atoms with Crippen molar-refractivity contribution in [3.8, 4) is 11.4 Å². The lowest BCUT2D eigenvalue weighted by atomic mass is 10.2. The molecule has 27 heavy (non-hydrogen) atoms. The summed E-state index contributed by atoms with van der Waals surface area (Å²) < 4.78 is 28.3. The topological polar surface area (TPSA) is 81.1 Å². The number of hydrogen-bond donors (Lipinski definition) is 1. The van der Waals surface area contributed by atoms with Gasteiger partial charge < -0.3 is 4.57 Å². The molecule has 2 aromatic carbocycles. The predicted octanol–water partition coefficient (Wildman–Crippen LogP) is 4.17. The smallest absolute Gasteiger partial charge is 0.285 e. The van der Waals surface area contributed by atoms with E-state index in [-0.39, 0.29) is 20.6 Å². The number of aryl methyl sites for hydroxylation is 1. The predicted molar refractivity (Wildman–Crippen MR) is 105 cm³/mol. The molecule has 1 N–H and O–H groups in total. The van der Waals surface area contributed by atoms with Crippen LogP contribution in [0.4, 0.5) is 0 Å². The second-order valence-corrected chi connectivity index (χ2v) is 8.37. The van der Waals surface area contributed by atoms with Crippen molar-refractivity contribution >= 4 is 50.7 Å². The number of aromatic nitrogens is 2. The fourth-order valence-corrected chi connectivity index (χ4v) is 4.26. The van der Waals surface area contributed by atoms with E-state index in [1.807, 2.05) is 4.72 Å². The van der Waals surface area contributed by atoms with Crippen LogP contribution in [-0.2, 0) is 17.1 Å². The number of amides is 1. The van der Waals surface area contributed by atoms with Crippen LogP contribution >= 0.6 is 34.8 Å². The maximum atomic E-state index is 12.4. The Kier molecular flexibility index (Phi) is 5.48. The zero-order valence-electron chi connectivity index (χ0n) is 13.8. The molecule has 0 aliphatic rings. The molecule has 0 unspecified atom stereocenters. The first-order valence-electron chi connectivity index (χ1n) is 7.50. The summed E-state index contributed by atoms with van der Waals surface area (Å²) in [7, 11) is -2.50. The maximum Gasteiger partial charge on any atom is 0.285 e. The Hall–Kier alpha value is -2.06. The Bertz CT molecular complexity index is 1140. The lowest BCUT2D eigenvalue weighted by Crippen LogP contribution is -2.31. The molecule has 140 valence electrons. The molecule has 1 amide bonds. The molecule has 3 aromatic rings. The van der Waals surface area contributed by atoms with Crippen LogP contribution in [0.25, 0.3) is 11.4 Å². The monoisotopic (exact) mass is 443 g/mol. The molecule has 0 atom stereocenters. The molecule has 0 saturated carbocycles. The standard InChI is InChI=1S/C17H12Cl3N3O3S/c1-23-9-13(21-16(23)10-5-4-7-12(19)15(10)20)17(24)22-27(25,26)14-8-3-2-6-11(14)18/h2-9H,1H3,(H,22,24). The molecule has 0 saturated heterocycles. The van der Waals surface area contributed by atoms with Crippen molar-refractivity contribution in [3.05, 3.63) is 69.4 Å². The minimum atomic E-state index is -4.15. The Balaban J connectivity index is 1.93. The molecule has 0 spiro atoms. The SMILES string of the molecule is Cn1cc(C(=O)NS(=O)(=O)c2ccccc2Cl)nc1-c1cccc(Cl)c1Cl. The molecule has 6 nitrogen and oxygen atoms in total. The summed E-state index contributed by atoms with van der Waals surface area (Å²) in [5.74, 6) is -0.530. The number of rotatable bonds is 4. The normalized spacial score (nSPS) is 11.4. The van der Waals surface area contributed by atoms with Gasteiger partial charge in [0.05, 0.1) is 15.1 Å². The second-order valence-electron chi connectivity index (χ2n) is 5.53. The molecule has 1 heterocycles. The lowest BCUT2D eigenvalue weighted by molar-refractivity contribution is 0.0977. The van der Waals surface area contributed by atoms with Crippen molar-refractivity contribution in [2.75, 3.05) is 0 Å². The van der Waals surface area contributed by atoms with Crippen LogP contribution in [0.1, 0.15) is 10.5 Å². The van der Waals surface area contributed by atoms with Gasteiger partial charge in [0, 0.05) is 18.8 Å². The fourth-order valence-electron chi connectivity index (χ4n) is 2.39. The van der Waals surface area contributed by atoms with Gasteiger partial charge in [-0.2, -0.15) is 0 Å². The maximum absolute atomic E-state index is 12.4. The average molecular weight is 445 g/mol. The highest BCUT2D eigenvalue weighted by Crippen LogP contribution is 2.32. The number of nitrogens with one attached hydrogen (secondary N) is 1. The summed E-state index contributed by atoms with van der Waals surface area (Å²) in [6, 6.07) is 10.8. The van der Waals surface area contributed by atoms with E-state index in [1.54, 1.807) is 35.9 Å². The largest absolute Gasteiger partial charge is 0.333 e. The van der Waals surface area contributed by atoms with Crippen LogP contribution in [0.2, 0.25) is 15.1 Å². The van der Waals surface area contributed by atoms with Gasteiger partial charge in [-0.3, -0.25) is 4.79 Å². The van der Waals surface area contributed by atoms with Crippen LogP contribution in [0, 0.1) is 0 Å². The third kappa shape index (κ3) is 3.96. The van der Waals surface area contributed by atoms with Crippen LogP contribution in [-0.4, -0.2) is 23.9 Å². The molecular weight excluding hydrogens is 433 g/mol. The van der Waals surface area contributed by atoms with Gasteiger partial charge in [0.15, 0.2) is 0 Å². The van der Waals surface area contributed by atoms with Crippen molar-refractivity contribution in [3.63, 3.8) is 0 Å². The third-order valence-electron chi connectivity index (χ3n) is 3.65. The highest BCUT2D eigenvalue weighted by atomic mass is 35.5. The van der Waals surface area contributed by atoms with Gasteiger partial charge in [0.25, 0.3) is 15.9 Å². The van der Waals surface area contributed by atoms with E-state index in [4.69, 9.17) is 34.8 Å². The summed E-state index contributed by atoms with van der Waals surface area (Å²) in [4.78, 5) is 16.4. The second kappa shape index (κ2) is 7.52. The first-order valence-corrected chi connectivity index (χ1v) is 10.1. The molecule has 0 bridgehead atoms. The van der Waals surface area contributed by atoms with Crippen molar-refractivity contribution in [2.24, 2.45) is 7.05 Å². The van der Waals surface area contributed by atoms with E-state index in [0.717, 1.165) is 0 Å². The average Bonchev–Trinajstić information content (AvgIpc) is 2.99. The van der Waals surface area contributed by atoms with Crippen LogP contribution in [0.5, 0.6) is 0 Å². The van der Waals surface area contributed by atoms with Crippen molar-refractivity contribution in [1.82, 2.24) is 14.3 Å². The van der Waals surface area contributed by atoms with E-state index in [2.05, 4.69) is 4.98 Å². The number of carbonyl (C=O) groups excluding carboxylic acids is 1. The summed E-state index contributed by atoms with van der Waals surface area (Å²) in [6.07, 6.45) is 1.39. The first kappa shape index (κ1) is 19.7. The summed E-state index contributed by atoms with van der Waals surface area (Å²) in [5.41, 5.74) is 0.416. The van der Waals surface area contributed by atoms with Crippen LogP contribution < -0.4 is 4.72 Å².